The van der Waals surface area contributed by atoms with E-state index in [0.717, 1.165) is 10.6 Å². The topological polar surface area (TPSA) is 77.8 Å². The molecule has 5 nitrogen and oxygen atoms in total. The number of allylic oxidation sites excluding steroid dienone is 4. The Labute approximate surface area is 165 Å². The first-order valence-electron chi connectivity index (χ1n) is 9.79. The molecule has 2 N–H and O–H groups in total. The van der Waals surface area contributed by atoms with Crippen LogP contribution in [0.1, 0.15) is 64.9 Å². The summed E-state index contributed by atoms with van der Waals surface area (Å²) in [5.74, 6) is -0.389. The summed E-state index contributed by atoms with van der Waals surface area (Å²) in [5.41, 5.74) is 2.59. The molecule has 2 aliphatic carbocycles. The molecule has 4 rings (SSSR count). The molecule has 0 amide bonds. The summed E-state index contributed by atoms with van der Waals surface area (Å²) in [6, 6.07) is 6.69. The van der Waals surface area contributed by atoms with E-state index < -0.39 is 5.92 Å². The van der Waals surface area contributed by atoms with Gasteiger partial charge in [0.25, 0.3) is 0 Å². The second-order valence-corrected chi connectivity index (χ2v) is 9.94. The summed E-state index contributed by atoms with van der Waals surface area (Å²) in [7, 11) is 0. The average Bonchev–Trinajstić information content (AvgIpc) is 2.56. The van der Waals surface area contributed by atoms with Crippen LogP contribution in [0.2, 0.25) is 0 Å². The first-order valence-corrected chi connectivity index (χ1v) is 9.79. The Hall–Kier alpha value is -2.40. The number of carbonyl (C=O) groups is 2. The summed E-state index contributed by atoms with van der Waals surface area (Å²) >= 11 is 0. The number of hydrogen-bond acceptors (Lipinski definition) is 5. The third-order valence-corrected chi connectivity index (χ3v) is 6.11. The van der Waals surface area contributed by atoms with Gasteiger partial charge in [0, 0.05) is 29.9 Å². The van der Waals surface area contributed by atoms with Crippen molar-refractivity contribution in [3.63, 3.8) is 0 Å². The SMILES string of the molecule is CC1(C)CC(=O)C2=C(C1)N(O)C1=C(C(=O)CC(C)(C)C1)C2c1ccc(O)cc1. The molecule has 148 valence electrons. The molecule has 0 spiro atoms. The van der Waals surface area contributed by atoms with Crippen LogP contribution in [0.15, 0.2) is 46.8 Å². The van der Waals surface area contributed by atoms with E-state index in [9.17, 15) is 19.9 Å². The molecule has 1 aromatic carbocycles. The van der Waals surface area contributed by atoms with Gasteiger partial charge in [-0.3, -0.25) is 14.8 Å². The van der Waals surface area contributed by atoms with Gasteiger partial charge in [0.15, 0.2) is 11.6 Å². The molecule has 1 aliphatic heterocycles. The molecular formula is C23H27NO4. The van der Waals surface area contributed by atoms with Crippen LogP contribution in [-0.2, 0) is 9.59 Å². The first kappa shape index (κ1) is 18.9. The number of hydroxylamine groups is 2. The van der Waals surface area contributed by atoms with Gasteiger partial charge in [0.05, 0.1) is 11.4 Å². The minimum Gasteiger partial charge on any atom is -0.508 e. The van der Waals surface area contributed by atoms with Gasteiger partial charge in [-0.25, -0.2) is 5.06 Å². The van der Waals surface area contributed by atoms with Gasteiger partial charge < -0.3 is 5.11 Å². The van der Waals surface area contributed by atoms with E-state index >= 15 is 0 Å². The molecule has 0 radical (unpaired) electrons. The van der Waals surface area contributed by atoms with Crippen LogP contribution >= 0.6 is 0 Å². The Morgan fingerprint density at radius 3 is 1.68 bits per heavy atom. The van der Waals surface area contributed by atoms with Crippen molar-refractivity contribution in [3.05, 3.63) is 52.4 Å². The van der Waals surface area contributed by atoms with Crippen LogP contribution < -0.4 is 0 Å². The van der Waals surface area contributed by atoms with E-state index in [1.54, 1.807) is 24.3 Å². The number of ketones is 2. The van der Waals surface area contributed by atoms with E-state index in [4.69, 9.17) is 0 Å². The molecule has 1 aromatic rings. The van der Waals surface area contributed by atoms with Gasteiger partial charge in [-0.2, -0.15) is 0 Å². The summed E-state index contributed by atoms with van der Waals surface area (Å²) in [4.78, 5) is 26.3. The molecule has 28 heavy (non-hydrogen) atoms. The van der Waals surface area contributed by atoms with Crippen LogP contribution in [0.25, 0.3) is 0 Å². The Morgan fingerprint density at radius 2 is 1.25 bits per heavy atom. The first-order chi connectivity index (χ1) is 13.0. The van der Waals surface area contributed by atoms with Crippen molar-refractivity contribution >= 4 is 11.6 Å². The van der Waals surface area contributed by atoms with Crippen molar-refractivity contribution < 1.29 is 19.9 Å². The summed E-state index contributed by atoms with van der Waals surface area (Å²) in [6.45, 7) is 8.10. The number of phenols is 1. The number of carbonyl (C=O) groups excluding carboxylic acids is 2. The van der Waals surface area contributed by atoms with Gasteiger partial charge in [-0.15, -0.1) is 0 Å². The number of phenolic OH excluding ortho intramolecular Hbond substituents is 1. The highest BCUT2D eigenvalue weighted by Crippen LogP contribution is 2.53. The number of hydrogen-bond donors (Lipinski definition) is 2. The van der Waals surface area contributed by atoms with Crippen molar-refractivity contribution in [2.75, 3.05) is 0 Å². The smallest absolute Gasteiger partial charge is 0.162 e. The monoisotopic (exact) mass is 381 g/mol. The molecule has 0 saturated heterocycles. The third kappa shape index (κ3) is 2.98. The van der Waals surface area contributed by atoms with Crippen molar-refractivity contribution in [1.29, 1.82) is 0 Å². The van der Waals surface area contributed by atoms with Gasteiger partial charge >= 0.3 is 0 Å². The number of aromatic hydroxyl groups is 1. The maximum absolute atomic E-state index is 13.2. The molecular weight excluding hydrogens is 354 g/mol. The minimum absolute atomic E-state index is 0.0208. The predicted octanol–water partition coefficient (Wildman–Crippen LogP) is 4.47. The molecule has 0 saturated carbocycles. The number of rotatable bonds is 1. The Kier molecular flexibility index (Phi) is 4.09. The van der Waals surface area contributed by atoms with E-state index in [1.807, 2.05) is 27.7 Å². The van der Waals surface area contributed by atoms with E-state index in [-0.39, 0.29) is 28.1 Å². The van der Waals surface area contributed by atoms with Crippen molar-refractivity contribution in [2.45, 2.75) is 59.3 Å². The van der Waals surface area contributed by atoms with Gasteiger partial charge in [0.2, 0.25) is 0 Å². The highest BCUT2D eigenvalue weighted by Gasteiger charge is 2.48. The maximum Gasteiger partial charge on any atom is 0.162 e. The molecule has 3 aliphatic rings. The van der Waals surface area contributed by atoms with E-state index in [2.05, 4.69) is 0 Å². The highest BCUT2D eigenvalue weighted by molar-refractivity contribution is 6.06. The average molecular weight is 381 g/mol. The predicted molar refractivity (Wildman–Crippen MR) is 105 cm³/mol. The lowest BCUT2D eigenvalue weighted by Crippen LogP contribution is -2.43. The zero-order valence-corrected chi connectivity index (χ0v) is 16.9. The summed E-state index contributed by atoms with van der Waals surface area (Å²) < 4.78 is 0. The largest absolute Gasteiger partial charge is 0.508 e. The lowest BCUT2D eigenvalue weighted by atomic mass is 9.64. The lowest BCUT2D eigenvalue weighted by Gasteiger charge is -2.46. The molecule has 1 heterocycles. The van der Waals surface area contributed by atoms with Crippen LogP contribution in [0.5, 0.6) is 5.75 Å². The summed E-state index contributed by atoms with van der Waals surface area (Å²) in [5, 5.41) is 21.9. The Morgan fingerprint density at radius 1 is 0.821 bits per heavy atom. The number of nitrogens with zero attached hydrogens (tertiary/aromatic N) is 1. The molecule has 5 heteroatoms. The van der Waals surface area contributed by atoms with Crippen LogP contribution in [0.3, 0.4) is 0 Å². The van der Waals surface area contributed by atoms with Crippen molar-refractivity contribution in [1.82, 2.24) is 5.06 Å². The molecule has 0 fully saturated rings. The standard InChI is InChI=1S/C23H27NO4/c1-22(2)9-15-20(17(26)11-22)19(13-5-7-14(25)8-6-13)21-16(24(15)28)10-23(3,4)12-18(21)27/h5-8,19,25,28H,9-12H2,1-4H3. The fourth-order valence-electron chi connectivity index (χ4n) is 4.94. The molecule has 0 bridgehead atoms. The lowest BCUT2D eigenvalue weighted by molar-refractivity contribution is -0.123. The van der Waals surface area contributed by atoms with Gasteiger partial charge in [-0.05, 0) is 41.4 Å². The number of Topliss-reactive ketones (excluding diaryl/α,β-unsaturated/α-hetero) is 2. The second kappa shape index (κ2) is 6.05. The van der Waals surface area contributed by atoms with E-state index in [1.165, 1.54) is 0 Å². The Balaban J connectivity index is 1.96. The molecule has 0 atom stereocenters. The summed E-state index contributed by atoms with van der Waals surface area (Å²) in [6.07, 6.45) is 1.92. The highest BCUT2D eigenvalue weighted by atomic mass is 16.5. The maximum atomic E-state index is 13.2. The fourth-order valence-corrected chi connectivity index (χ4v) is 4.94. The second-order valence-electron chi connectivity index (χ2n) is 9.94. The zero-order chi connectivity index (χ0) is 20.4. The van der Waals surface area contributed by atoms with Gasteiger partial charge in [-0.1, -0.05) is 39.8 Å². The zero-order valence-electron chi connectivity index (χ0n) is 16.9. The molecule has 0 unspecified atom stereocenters. The van der Waals surface area contributed by atoms with Crippen LogP contribution in [0.4, 0.5) is 0 Å². The van der Waals surface area contributed by atoms with Crippen molar-refractivity contribution in [3.8, 4) is 5.75 Å². The van der Waals surface area contributed by atoms with Gasteiger partial charge in [0.1, 0.15) is 5.75 Å². The van der Waals surface area contributed by atoms with Crippen molar-refractivity contribution in [2.24, 2.45) is 10.8 Å². The van der Waals surface area contributed by atoms with E-state index in [0.29, 0.717) is 48.2 Å². The molecule has 0 aromatic heterocycles. The Bertz CT molecular complexity index is 880. The van der Waals surface area contributed by atoms with Crippen LogP contribution in [-0.4, -0.2) is 26.9 Å². The fraction of sp³-hybridized carbons (Fsp3) is 0.478. The quantitative estimate of drug-likeness (QED) is 0.751. The number of benzene rings is 1. The normalized spacial score (nSPS) is 24.4. The minimum atomic E-state index is -0.485. The van der Waals surface area contributed by atoms with Crippen LogP contribution in [0, 0.1) is 10.8 Å². The third-order valence-electron chi connectivity index (χ3n) is 6.11.